The van der Waals surface area contributed by atoms with Gasteiger partial charge in [0.2, 0.25) is 0 Å². The molecular formula is C11H20OSi. The number of rotatable bonds is 4. The van der Waals surface area contributed by atoms with E-state index in [1.807, 2.05) is 0 Å². The second kappa shape index (κ2) is 4.25. The van der Waals surface area contributed by atoms with Crippen molar-refractivity contribution in [1.29, 1.82) is 0 Å². The van der Waals surface area contributed by atoms with Crippen molar-refractivity contribution in [2.45, 2.75) is 32.5 Å². The van der Waals surface area contributed by atoms with Crippen LogP contribution in [0.25, 0.3) is 0 Å². The van der Waals surface area contributed by atoms with Gasteiger partial charge in [0.1, 0.15) is 0 Å². The molecule has 1 aliphatic rings. The quantitative estimate of drug-likeness (QED) is 0.626. The van der Waals surface area contributed by atoms with Crippen LogP contribution in [0.4, 0.5) is 0 Å². The zero-order valence-corrected chi connectivity index (χ0v) is 10.1. The lowest BCUT2D eigenvalue weighted by Crippen LogP contribution is -2.35. The first kappa shape index (κ1) is 10.7. The normalized spacial score (nSPS) is 17.6. The van der Waals surface area contributed by atoms with Gasteiger partial charge in [0, 0.05) is 12.1 Å². The summed E-state index contributed by atoms with van der Waals surface area (Å²) in [5.41, 5.74) is 0.575. The molecule has 0 unspecified atom stereocenters. The zero-order chi connectivity index (χ0) is 9.90. The lowest BCUT2D eigenvalue weighted by atomic mass is 10.2. The minimum absolute atomic E-state index is 0.575. The van der Waals surface area contributed by atoms with E-state index in [9.17, 15) is 0 Å². The molecule has 0 heterocycles. The molecule has 0 amide bonds. The van der Waals surface area contributed by atoms with Gasteiger partial charge < -0.3 is 4.43 Å². The minimum atomic E-state index is -1.51. The molecule has 0 aromatic rings. The van der Waals surface area contributed by atoms with Crippen molar-refractivity contribution in [2.24, 2.45) is 5.92 Å². The van der Waals surface area contributed by atoms with Crippen molar-refractivity contribution in [3.8, 4) is 0 Å². The van der Waals surface area contributed by atoms with Crippen molar-refractivity contribution in [3.05, 3.63) is 24.3 Å². The van der Waals surface area contributed by atoms with Crippen molar-refractivity contribution in [2.75, 3.05) is 6.61 Å². The summed E-state index contributed by atoms with van der Waals surface area (Å²) in [7, 11) is -1.51. The summed E-state index contributed by atoms with van der Waals surface area (Å²) in [4.78, 5) is 0. The predicted octanol–water partition coefficient (Wildman–Crippen LogP) is 3.36. The molecule has 74 valence electrons. The Morgan fingerprint density at radius 3 is 2.23 bits per heavy atom. The molecule has 0 bridgehead atoms. The van der Waals surface area contributed by atoms with E-state index in [-0.39, 0.29) is 0 Å². The highest BCUT2D eigenvalue weighted by Crippen LogP contribution is 2.29. The van der Waals surface area contributed by atoms with E-state index in [0.717, 1.165) is 6.61 Å². The van der Waals surface area contributed by atoms with E-state index < -0.39 is 8.32 Å². The van der Waals surface area contributed by atoms with Gasteiger partial charge in [0.25, 0.3) is 0 Å². The Kier molecular flexibility index (Phi) is 3.51. The van der Waals surface area contributed by atoms with Crippen molar-refractivity contribution >= 4 is 8.32 Å². The Morgan fingerprint density at radius 1 is 1.23 bits per heavy atom. The maximum absolute atomic E-state index is 6.01. The van der Waals surface area contributed by atoms with Crippen LogP contribution in [0.3, 0.4) is 0 Å². The van der Waals surface area contributed by atoms with Crippen LogP contribution in [0, 0.1) is 5.92 Å². The first-order chi connectivity index (χ1) is 6.02. The summed E-state index contributed by atoms with van der Waals surface area (Å²) in [5.74, 6) is 0.640. The average molecular weight is 196 g/mol. The highest BCUT2D eigenvalue weighted by atomic mass is 28.4. The predicted molar refractivity (Wildman–Crippen MR) is 60.3 cm³/mol. The molecule has 2 heteroatoms. The van der Waals surface area contributed by atoms with E-state index in [1.165, 1.54) is 0 Å². The molecule has 0 saturated carbocycles. The van der Waals surface area contributed by atoms with Crippen LogP contribution in [0.2, 0.25) is 18.6 Å². The zero-order valence-electron chi connectivity index (χ0n) is 9.08. The van der Waals surface area contributed by atoms with Gasteiger partial charge in [0.05, 0.1) is 0 Å². The van der Waals surface area contributed by atoms with Crippen molar-refractivity contribution in [3.63, 3.8) is 0 Å². The van der Waals surface area contributed by atoms with Crippen LogP contribution >= 0.6 is 0 Å². The number of hydrogen-bond acceptors (Lipinski definition) is 1. The molecule has 0 aliphatic heterocycles. The highest BCUT2D eigenvalue weighted by molar-refractivity contribution is 6.73. The van der Waals surface area contributed by atoms with Crippen molar-refractivity contribution in [1.82, 2.24) is 0 Å². The van der Waals surface area contributed by atoms with E-state index in [0.29, 0.717) is 11.5 Å². The second-order valence-electron chi connectivity index (χ2n) is 4.60. The monoisotopic (exact) mass is 196 g/mol. The van der Waals surface area contributed by atoms with E-state index in [4.69, 9.17) is 4.43 Å². The molecule has 0 atom stereocenters. The number of allylic oxidation sites excluding steroid dienone is 4. The lowest BCUT2D eigenvalue weighted by molar-refractivity contribution is 0.260. The first-order valence-corrected chi connectivity index (χ1v) is 8.00. The molecule has 0 saturated heterocycles. The molecule has 0 radical (unpaired) electrons. The van der Waals surface area contributed by atoms with Gasteiger partial charge in [-0.05, 0) is 19.0 Å². The fraction of sp³-hybridized carbons (Fsp3) is 0.636. The van der Waals surface area contributed by atoms with Crippen LogP contribution in [-0.2, 0) is 4.43 Å². The lowest BCUT2D eigenvalue weighted by Gasteiger charge is -2.28. The summed E-state index contributed by atoms with van der Waals surface area (Å²) < 4.78 is 6.01. The molecule has 0 N–H and O–H groups in total. The third-order valence-electron chi connectivity index (χ3n) is 2.34. The Morgan fingerprint density at radius 2 is 1.77 bits per heavy atom. The van der Waals surface area contributed by atoms with Crippen LogP contribution in [0.15, 0.2) is 24.3 Å². The summed E-state index contributed by atoms with van der Waals surface area (Å²) in [5, 5.41) is 0. The SMILES string of the molecule is CC(C)CO[Si](C)(C)C1C=CC=C1. The summed E-state index contributed by atoms with van der Waals surface area (Å²) in [6.45, 7) is 9.88. The standard InChI is InChI=1S/C11H20OSi/c1-10(2)9-12-13(3,4)11-7-5-6-8-11/h5-8,10-11H,9H2,1-4H3. The smallest absolute Gasteiger partial charge is 0.197 e. The maximum atomic E-state index is 6.01. The molecule has 1 nitrogen and oxygen atoms in total. The summed E-state index contributed by atoms with van der Waals surface area (Å²) >= 11 is 0. The maximum Gasteiger partial charge on any atom is 0.197 e. The molecule has 0 aromatic heterocycles. The molecule has 1 rings (SSSR count). The van der Waals surface area contributed by atoms with Gasteiger partial charge in [-0.2, -0.15) is 0 Å². The Bertz CT molecular complexity index is 204. The van der Waals surface area contributed by atoms with Gasteiger partial charge in [-0.15, -0.1) is 0 Å². The molecule has 1 aliphatic carbocycles. The van der Waals surface area contributed by atoms with Gasteiger partial charge in [-0.25, -0.2) is 0 Å². The van der Waals surface area contributed by atoms with Gasteiger partial charge in [0.15, 0.2) is 8.32 Å². The second-order valence-corrected chi connectivity index (χ2v) is 8.77. The molecule has 13 heavy (non-hydrogen) atoms. The van der Waals surface area contributed by atoms with Crippen LogP contribution in [0.5, 0.6) is 0 Å². The molecular weight excluding hydrogens is 176 g/mol. The average Bonchev–Trinajstić information content (AvgIpc) is 2.53. The Hall–Kier alpha value is -0.343. The summed E-state index contributed by atoms with van der Waals surface area (Å²) in [6, 6.07) is 0. The third kappa shape index (κ3) is 3.12. The van der Waals surface area contributed by atoms with Gasteiger partial charge in [-0.3, -0.25) is 0 Å². The van der Waals surface area contributed by atoms with E-state index in [2.05, 4.69) is 51.2 Å². The van der Waals surface area contributed by atoms with Gasteiger partial charge in [-0.1, -0.05) is 38.2 Å². The minimum Gasteiger partial charge on any atom is -0.416 e. The fourth-order valence-electron chi connectivity index (χ4n) is 1.37. The Labute approximate surface area is 82.6 Å². The largest absolute Gasteiger partial charge is 0.416 e. The van der Waals surface area contributed by atoms with E-state index >= 15 is 0 Å². The molecule has 0 aromatic carbocycles. The fourth-order valence-corrected chi connectivity index (χ4v) is 3.48. The summed E-state index contributed by atoms with van der Waals surface area (Å²) in [6.07, 6.45) is 8.76. The third-order valence-corrected chi connectivity index (χ3v) is 5.24. The van der Waals surface area contributed by atoms with Crippen molar-refractivity contribution < 1.29 is 4.43 Å². The highest BCUT2D eigenvalue weighted by Gasteiger charge is 2.31. The molecule has 0 fully saturated rings. The van der Waals surface area contributed by atoms with Crippen LogP contribution in [0.1, 0.15) is 13.8 Å². The molecule has 0 spiro atoms. The van der Waals surface area contributed by atoms with Gasteiger partial charge >= 0.3 is 0 Å². The first-order valence-electron chi connectivity index (χ1n) is 5.01. The topological polar surface area (TPSA) is 9.23 Å². The van der Waals surface area contributed by atoms with Crippen LogP contribution < -0.4 is 0 Å². The number of hydrogen-bond donors (Lipinski definition) is 0. The van der Waals surface area contributed by atoms with Crippen LogP contribution in [-0.4, -0.2) is 14.9 Å². The van der Waals surface area contributed by atoms with E-state index in [1.54, 1.807) is 0 Å². The Balaban J connectivity index is 2.45.